The van der Waals surface area contributed by atoms with Crippen molar-refractivity contribution in [2.45, 2.75) is 50.3 Å². The van der Waals surface area contributed by atoms with Crippen LogP contribution in [-0.2, 0) is 4.79 Å². The molecule has 3 aliphatic rings. The van der Waals surface area contributed by atoms with Gasteiger partial charge in [0.2, 0.25) is 5.91 Å². The number of rotatable bonds is 2. The molecule has 0 spiro atoms. The summed E-state index contributed by atoms with van der Waals surface area (Å²) in [6.45, 7) is 3.27. The van der Waals surface area contributed by atoms with Crippen molar-refractivity contribution in [1.82, 2.24) is 14.7 Å². The topological polar surface area (TPSA) is 84.3 Å². The molecule has 3 rings (SSSR count). The molecule has 2 saturated heterocycles. The summed E-state index contributed by atoms with van der Waals surface area (Å²) >= 11 is 0. The van der Waals surface area contributed by atoms with Crippen LogP contribution in [0.1, 0.15) is 32.1 Å². The fraction of sp³-hybridized carbons (Fsp3) is 0.867. The van der Waals surface area contributed by atoms with Crippen LogP contribution in [0.2, 0.25) is 0 Å². The van der Waals surface area contributed by atoms with Crippen molar-refractivity contribution in [3.05, 3.63) is 0 Å². The Labute approximate surface area is 130 Å². The molecule has 2 heterocycles. The minimum absolute atomic E-state index is 0.0355. The lowest BCUT2D eigenvalue weighted by molar-refractivity contribution is -0.135. The fourth-order valence-corrected chi connectivity index (χ4v) is 3.74. The van der Waals surface area contributed by atoms with E-state index in [9.17, 15) is 19.8 Å². The van der Waals surface area contributed by atoms with Crippen LogP contribution in [-0.4, -0.2) is 87.8 Å². The Morgan fingerprint density at radius 2 is 1.77 bits per heavy atom. The number of hydrogen-bond acceptors (Lipinski definition) is 4. The highest BCUT2D eigenvalue weighted by Gasteiger charge is 2.41. The van der Waals surface area contributed by atoms with Gasteiger partial charge in [-0.25, -0.2) is 4.79 Å². The van der Waals surface area contributed by atoms with Crippen LogP contribution in [0.3, 0.4) is 0 Å². The maximum Gasteiger partial charge on any atom is 0.408 e. The van der Waals surface area contributed by atoms with E-state index in [1.165, 1.54) is 19.3 Å². The van der Waals surface area contributed by atoms with E-state index in [2.05, 4.69) is 4.90 Å². The lowest BCUT2D eigenvalue weighted by Gasteiger charge is -2.36. The number of hydrogen-bond donors (Lipinski definition) is 2. The third-order valence-corrected chi connectivity index (χ3v) is 5.24. The van der Waals surface area contributed by atoms with Gasteiger partial charge in [-0.1, -0.05) is 6.42 Å². The number of carbonyl (C=O) groups excluding carboxylic acids is 1. The normalized spacial score (nSPS) is 31.0. The summed E-state index contributed by atoms with van der Waals surface area (Å²) in [6.07, 6.45) is 3.12. The number of aliphatic hydroxyl groups excluding tert-OH is 1. The lowest BCUT2D eigenvalue weighted by atomic mass is 9.91. The van der Waals surface area contributed by atoms with Crippen molar-refractivity contribution in [3.63, 3.8) is 0 Å². The number of aliphatic hydroxyl groups is 1. The molecule has 0 aromatic heterocycles. The summed E-state index contributed by atoms with van der Waals surface area (Å²) in [5.74, 6) is -0.144. The van der Waals surface area contributed by atoms with Crippen molar-refractivity contribution in [2.24, 2.45) is 0 Å². The molecule has 2 amide bonds. The first-order chi connectivity index (χ1) is 10.6. The van der Waals surface area contributed by atoms with Gasteiger partial charge in [0.25, 0.3) is 0 Å². The molecule has 0 radical (unpaired) electrons. The minimum Gasteiger partial charge on any atom is -0.465 e. The van der Waals surface area contributed by atoms with Crippen molar-refractivity contribution in [1.29, 1.82) is 0 Å². The predicted octanol–water partition coefficient (Wildman–Crippen LogP) is 0.186. The zero-order valence-electron chi connectivity index (χ0n) is 12.9. The van der Waals surface area contributed by atoms with E-state index in [0.717, 1.165) is 24.4 Å². The number of amides is 2. The quantitative estimate of drug-likeness (QED) is 0.760. The molecular weight excluding hydrogens is 286 g/mol. The van der Waals surface area contributed by atoms with Crippen molar-refractivity contribution >= 4 is 12.0 Å². The van der Waals surface area contributed by atoms with Gasteiger partial charge < -0.3 is 15.1 Å². The van der Waals surface area contributed by atoms with Gasteiger partial charge >= 0.3 is 6.09 Å². The van der Waals surface area contributed by atoms with E-state index >= 15 is 0 Å². The SMILES string of the molecule is O=C([C@H]1C[C@H](O)CN1C(=O)O)N1CCCN(C2CCC2)CC1. The van der Waals surface area contributed by atoms with E-state index in [-0.39, 0.29) is 18.9 Å². The Hall–Kier alpha value is -1.34. The summed E-state index contributed by atoms with van der Waals surface area (Å²) in [6, 6.07) is -0.0402. The highest BCUT2D eigenvalue weighted by Crippen LogP contribution is 2.26. The largest absolute Gasteiger partial charge is 0.465 e. The molecule has 0 bridgehead atoms. The summed E-state index contributed by atoms with van der Waals surface area (Å²) < 4.78 is 0. The summed E-state index contributed by atoms with van der Waals surface area (Å²) in [5, 5.41) is 18.9. The fourth-order valence-electron chi connectivity index (χ4n) is 3.74. The Bertz CT molecular complexity index is 441. The van der Waals surface area contributed by atoms with Gasteiger partial charge in [-0.05, 0) is 19.3 Å². The molecule has 2 N–H and O–H groups in total. The maximum atomic E-state index is 12.7. The van der Waals surface area contributed by atoms with E-state index in [1.54, 1.807) is 4.90 Å². The van der Waals surface area contributed by atoms with Gasteiger partial charge in [-0.2, -0.15) is 0 Å². The summed E-state index contributed by atoms with van der Waals surface area (Å²) in [5.41, 5.74) is 0. The number of nitrogens with zero attached hydrogens (tertiary/aromatic N) is 3. The molecule has 0 aromatic carbocycles. The van der Waals surface area contributed by atoms with E-state index < -0.39 is 18.2 Å². The van der Waals surface area contributed by atoms with Gasteiger partial charge in [0, 0.05) is 38.6 Å². The van der Waals surface area contributed by atoms with Gasteiger partial charge in [0.05, 0.1) is 12.6 Å². The smallest absolute Gasteiger partial charge is 0.408 e. The third-order valence-electron chi connectivity index (χ3n) is 5.24. The average molecular weight is 311 g/mol. The van der Waals surface area contributed by atoms with Crippen LogP contribution < -0.4 is 0 Å². The molecule has 7 nitrogen and oxygen atoms in total. The maximum absolute atomic E-state index is 12.7. The molecule has 1 saturated carbocycles. The molecule has 2 aliphatic heterocycles. The van der Waals surface area contributed by atoms with Crippen LogP contribution in [0.25, 0.3) is 0 Å². The lowest BCUT2D eigenvalue weighted by Crippen LogP contribution is -2.49. The summed E-state index contributed by atoms with van der Waals surface area (Å²) in [7, 11) is 0. The second-order valence-corrected chi connectivity index (χ2v) is 6.64. The standard InChI is InChI=1S/C15H25N3O4/c19-12-9-13(18(10-12)15(21)22)14(20)17-6-2-5-16(7-8-17)11-3-1-4-11/h11-13,19H,1-10H2,(H,21,22)/t12-,13+/m0/s1. The molecule has 2 atom stereocenters. The monoisotopic (exact) mass is 311 g/mol. The zero-order valence-corrected chi connectivity index (χ0v) is 12.9. The minimum atomic E-state index is -1.12. The van der Waals surface area contributed by atoms with Crippen LogP contribution in [0.15, 0.2) is 0 Å². The predicted molar refractivity (Wildman–Crippen MR) is 79.6 cm³/mol. The van der Waals surface area contributed by atoms with E-state index in [1.807, 2.05) is 0 Å². The molecular formula is C15H25N3O4. The second-order valence-electron chi connectivity index (χ2n) is 6.64. The molecule has 0 aromatic rings. The van der Waals surface area contributed by atoms with E-state index in [0.29, 0.717) is 19.1 Å². The van der Waals surface area contributed by atoms with Crippen molar-refractivity contribution in [3.8, 4) is 0 Å². The van der Waals surface area contributed by atoms with E-state index in [4.69, 9.17) is 0 Å². The molecule has 22 heavy (non-hydrogen) atoms. The number of carboxylic acid groups (broad SMARTS) is 1. The third kappa shape index (κ3) is 3.05. The first kappa shape index (κ1) is 15.6. The van der Waals surface area contributed by atoms with Gasteiger partial charge in [0.15, 0.2) is 0 Å². The van der Waals surface area contributed by atoms with Gasteiger partial charge in [0.1, 0.15) is 6.04 Å². The highest BCUT2D eigenvalue weighted by atomic mass is 16.4. The van der Waals surface area contributed by atoms with Crippen LogP contribution in [0.5, 0.6) is 0 Å². The molecule has 124 valence electrons. The Morgan fingerprint density at radius 3 is 2.41 bits per heavy atom. The molecule has 3 fully saturated rings. The van der Waals surface area contributed by atoms with Gasteiger partial charge in [-0.3, -0.25) is 14.6 Å². The number of carbonyl (C=O) groups is 2. The summed E-state index contributed by atoms with van der Waals surface area (Å²) in [4.78, 5) is 29.2. The van der Waals surface area contributed by atoms with Crippen LogP contribution in [0.4, 0.5) is 4.79 Å². The van der Waals surface area contributed by atoms with Crippen LogP contribution in [0, 0.1) is 0 Å². The molecule has 7 heteroatoms. The Kier molecular flexibility index (Phi) is 4.54. The van der Waals surface area contributed by atoms with Crippen molar-refractivity contribution < 1.29 is 19.8 Å². The highest BCUT2D eigenvalue weighted by molar-refractivity contribution is 5.86. The molecule has 1 aliphatic carbocycles. The Balaban J connectivity index is 1.60. The number of likely N-dealkylation sites (tertiary alicyclic amines) is 1. The number of β-amino-alcohol motifs (C(OH)–C–C–N with tert-alkyl or cyclic N) is 1. The molecule has 0 unspecified atom stereocenters. The van der Waals surface area contributed by atoms with Crippen LogP contribution >= 0.6 is 0 Å². The first-order valence-electron chi connectivity index (χ1n) is 8.26. The second kappa shape index (κ2) is 6.42. The average Bonchev–Trinajstić information content (AvgIpc) is 2.66. The zero-order chi connectivity index (χ0) is 15.7. The Morgan fingerprint density at radius 1 is 1.00 bits per heavy atom. The first-order valence-corrected chi connectivity index (χ1v) is 8.26. The van der Waals surface area contributed by atoms with Crippen molar-refractivity contribution in [2.75, 3.05) is 32.7 Å². The van der Waals surface area contributed by atoms with Gasteiger partial charge in [-0.15, -0.1) is 0 Å².